The van der Waals surface area contributed by atoms with Crippen molar-refractivity contribution in [1.29, 1.82) is 0 Å². The lowest BCUT2D eigenvalue weighted by Gasteiger charge is -2.10. The summed E-state index contributed by atoms with van der Waals surface area (Å²) in [5.41, 5.74) is 0.664. The molecule has 0 spiro atoms. The van der Waals surface area contributed by atoms with Crippen molar-refractivity contribution in [2.24, 2.45) is 0 Å². The van der Waals surface area contributed by atoms with E-state index in [4.69, 9.17) is 9.84 Å². The summed E-state index contributed by atoms with van der Waals surface area (Å²) in [6.07, 6.45) is -0.0543. The van der Waals surface area contributed by atoms with Crippen molar-refractivity contribution in [3.8, 4) is 5.75 Å². The molecule has 1 N–H and O–H groups in total. The molecule has 5 heteroatoms. The topological polar surface area (TPSA) is 46.5 Å². The van der Waals surface area contributed by atoms with Gasteiger partial charge in [-0.15, -0.1) is 11.8 Å². The second kappa shape index (κ2) is 7.69. The van der Waals surface area contributed by atoms with E-state index < -0.39 is 5.97 Å². The molecular weight excluding hydrogens is 291 g/mol. The highest BCUT2D eigenvalue weighted by atomic mass is 32.2. The number of halogens is 1. The first-order valence-electron chi connectivity index (χ1n) is 6.46. The van der Waals surface area contributed by atoms with Crippen LogP contribution in [0.15, 0.2) is 53.4 Å². The van der Waals surface area contributed by atoms with E-state index in [-0.39, 0.29) is 12.2 Å². The number of aliphatic carboxylic acids is 1. The molecule has 0 aliphatic carbocycles. The third-order valence-corrected chi connectivity index (χ3v) is 3.71. The molecule has 0 fully saturated rings. The van der Waals surface area contributed by atoms with E-state index in [1.807, 2.05) is 6.07 Å². The molecule has 3 nitrogen and oxygen atoms in total. The van der Waals surface area contributed by atoms with E-state index in [0.717, 1.165) is 4.90 Å². The molecule has 0 aromatic heterocycles. The molecule has 2 aromatic carbocycles. The minimum absolute atomic E-state index is 0.0543. The van der Waals surface area contributed by atoms with Crippen LogP contribution in [0.3, 0.4) is 0 Å². The second-order valence-corrected chi connectivity index (χ2v) is 5.50. The van der Waals surface area contributed by atoms with Gasteiger partial charge in [-0.1, -0.05) is 18.2 Å². The average molecular weight is 306 g/mol. The Morgan fingerprint density at radius 2 is 1.86 bits per heavy atom. The Morgan fingerprint density at radius 1 is 1.14 bits per heavy atom. The molecule has 0 saturated carbocycles. The van der Waals surface area contributed by atoms with Gasteiger partial charge in [0.2, 0.25) is 0 Å². The van der Waals surface area contributed by atoms with Crippen LogP contribution in [0.4, 0.5) is 4.39 Å². The summed E-state index contributed by atoms with van der Waals surface area (Å²) in [7, 11) is 0. The average Bonchev–Trinajstić information content (AvgIpc) is 2.46. The number of hydrogen-bond donors (Lipinski definition) is 1. The van der Waals surface area contributed by atoms with E-state index >= 15 is 0 Å². The number of para-hydroxylation sites is 1. The number of thioether (sulfide) groups is 1. The number of rotatable bonds is 7. The van der Waals surface area contributed by atoms with E-state index in [0.29, 0.717) is 23.7 Å². The Bertz CT molecular complexity index is 599. The van der Waals surface area contributed by atoms with Crippen molar-refractivity contribution in [3.63, 3.8) is 0 Å². The van der Waals surface area contributed by atoms with Gasteiger partial charge < -0.3 is 9.84 Å². The van der Waals surface area contributed by atoms with E-state index in [2.05, 4.69) is 0 Å². The Hall–Kier alpha value is -2.01. The fourth-order valence-electron chi connectivity index (χ4n) is 1.80. The lowest BCUT2D eigenvalue weighted by Crippen LogP contribution is -2.06. The van der Waals surface area contributed by atoms with Crippen molar-refractivity contribution >= 4 is 17.7 Å². The molecule has 0 atom stereocenters. The highest BCUT2D eigenvalue weighted by Gasteiger charge is 2.07. The van der Waals surface area contributed by atoms with Crippen molar-refractivity contribution in [2.75, 3.05) is 12.4 Å². The first kappa shape index (κ1) is 15.4. The quantitative estimate of drug-likeness (QED) is 0.627. The first-order valence-corrected chi connectivity index (χ1v) is 7.44. The summed E-state index contributed by atoms with van der Waals surface area (Å²) in [6.45, 7) is 0.457. The molecule has 0 amide bonds. The molecular formula is C16H15FO3S. The Labute approximate surface area is 126 Å². The van der Waals surface area contributed by atoms with Gasteiger partial charge in [-0.05, 0) is 30.3 Å². The van der Waals surface area contributed by atoms with Crippen molar-refractivity contribution in [1.82, 2.24) is 0 Å². The Morgan fingerprint density at radius 3 is 2.57 bits per heavy atom. The van der Waals surface area contributed by atoms with Gasteiger partial charge in [0.15, 0.2) is 0 Å². The highest BCUT2D eigenvalue weighted by Crippen LogP contribution is 2.21. The zero-order chi connectivity index (χ0) is 15.1. The number of carboxylic acid groups (broad SMARTS) is 1. The van der Waals surface area contributed by atoms with Gasteiger partial charge in [0.1, 0.15) is 11.6 Å². The fourth-order valence-corrected chi connectivity index (χ4v) is 2.53. The van der Waals surface area contributed by atoms with Crippen LogP contribution in [0.2, 0.25) is 0 Å². The number of benzene rings is 2. The number of ether oxygens (including phenoxy) is 1. The monoisotopic (exact) mass is 306 g/mol. The lowest BCUT2D eigenvalue weighted by molar-refractivity contribution is -0.136. The number of carbonyl (C=O) groups is 1. The summed E-state index contributed by atoms with van der Waals surface area (Å²) < 4.78 is 18.4. The smallest absolute Gasteiger partial charge is 0.307 e. The third-order valence-electron chi connectivity index (χ3n) is 2.74. The standard InChI is InChI=1S/C16H15FO3S/c17-13-5-7-14(8-6-13)21-10-9-20-15-4-2-1-3-12(15)11-16(18)19/h1-8H,9-11H2,(H,18,19). The van der Waals surface area contributed by atoms with Crippen LogP contribution in [0.25, 0.3) is 0 Å². The van der Waals surface area contributed by atoms with Gasteiger partial charge in [-0.2, -0.15) is 0 Å². The van der Waals surface area contributed by atoms with Gasteiger partial charge in [0.05, 0.1) is 13.0 Å². The minimum Gasteiger partial charge on any atom is -0.492 e. The van der Waals surface area contributed by atoms with E-state index in [1.54, 1.807) is 42.1 Å². The molecule has 21 heavy (non-hydrogen) atoms. The molecule has 0 heterocycles. The molecule has 2 aromatic rings. The molecule has 0 aliphatic heterocycles. The van der Waals surface area contributed by atoms with E-state index in [1.165, 1.54) is 12.1 Å². The van der Waals surface area contributed by atoms with Gasteiger partial charge in [-0.3, -0.25) is 4.79 Å². The Balaban J connectivity index is 1.83. The molecule has 0 aliphatic rings. The fraction of sp³-hybridized carbons (Fsp3) is 0.188. The summed E-state index contributed by atoms with van der Waals surface area (Å²) in [5.74, 6) is 0.164. The summed E-state index contributed by atoms with van der Waals surface area (Å²) in [6, 6.07) is 13.4. The largest absolute Gasteiger partial charge is 0.492 e. The number of carboxylic acids is 1. The molecule has 110 valence electrons. The Kier molecular flexibility index (Phi) is 5.63. The predicted molar refractivity (Wildman–Crippen MR) is 80.4 cm³/mol. The van der Waals surface area contributed by atoms with Crippen LogP contribution in [0.1, 0.15) is 5.56 Å². The molecule has 2 rings (SSSR count). The van der Waals surface area contributed by atoms with Crippen molar-refractivity contribution in [3.05, 3.63) is 59.9 Å². The highest BCUT2D eigenvalue weighted by molar-refractivity contribution is 7.99. The summed E-state index contributed by atoms with van der Waals surface area (Å²) in [5, 5.41) is 8.84. The molecule has 0 radical (unpaired) electrons. The van der Waals surface area contributed by atoms with Crippen LogP contribution in [0.5, 0.6) is 5.75 Å². The van der Waals surface area contributed by atoms with E-state index in [9.17, 15) is 9.18 Å². The van der Waals surface area contributed by atoms with Crippen LogP contribution < -0.4 is 4.74 Å². The van der Waals surface area contributed by atoms with Crippen LogP contribution in [-0.2, 0) is 11.2 Å². The molecule has 0 bridgehead atoms. The zero-order valence-electron chi connectivity index (χ0n) is 11.3. The minimum atomic E-state index is -0.883. The summed E-state index contributed by atoms with van der Waals surface area (Å²) >= 11 is 1.56. The second-order valence-electron chi connectivity index (χ2n) is 4.33. The number of hydrogen-bond acceptors (Lipinski definition) is 3. The zero-order valence-corrected chi connectivity index (χ0v) is 12.1. The van der Waals surface area contributed by atoms with Crippen LogP contribution in [0, 0.1) is 5.82 Å². The van der Waals surface area contributed by atoms with Gasteiger partial charge in [0.25, 0.3) is 0 Å². The predicted octanol–water partition coefficient (Wildman–Crippen LogP) is 3.62. The maximum atomic E-state index is 12.8. The SMILES string of the molecule is O=C(O)Cc1ccccc1OCCSc1ccc(F)cc1. The van der Waals surface area contributed by atoms with Crippen LogP contribution >= 0.6 is 11.8 Å². The lowest BCUT2D eigenvalue weighted by atomic mass is 10.1. The summed E-state index contributed by atoms with van der Waals surface area (Å²) in [4.78, 5) is 11.7. The van der Waals surface area contributed by atoms with Crippen molar-refractivity contribution in [2.45, 2.75) is 11.3 Å². The maximum absolute atomic E-state index is 12.8. The third kappa shape index (κ3) is 5.11. The van der Waals surface area contributed by atoms with Crippen LogP contribution in [-0.4, -0.2) is 23.4 Å². The van der Waals surface area contributed by atoms with Gasteiger partial charge in [-0.25, -0.2) is 4.39 Å². The maximum Gasteiger partial charge on any atom is 0.307 e. The normalized spacial score (nSPS) is 10.3. The first-order chi connectivity index (χ1) is 10.1. The van der Waals surface area contributed by atoms with Gasteiger partial charge >= 0.3 is 5.97 Å². The molecule has 0 unspecified atom stereocenters. The molecule has 0 saturated heterocycles. The van der Waals surface area contributed by atoms with Crippen molar-refractivity contribution < 1.29 is 19.0 Å². The van der Waals surface area contributed by atoms with Gasteiger partial charge in [0, 0.05) is 16.2 Å².